The van der Waals surface area contributed by atoms with Crippen LogP contribution in [0.15, 0.2) is 29.3 Å². The summed E-state index contributed by atoms with van der Waals surface area (Å²) in [6, 6.07) is 6.38. The summed E-state index contributed by atoms with van der Waals surface area (Å²) < 4.78 is 44.8. The van der Waals surface area contributed by atoms with E-state index in [1.165, 1.54) is 11.8 Å². The molecule has 1 N–H and O–H groups in total. The molecule has 1 heterocycles. The zero-order valence-corrected chi connectivity index (χ0v) is 21.1. The predicted octanol–water partition coefficient (Wildman–Crippen LogP) is 3.28. The van der Waals surface area contributed by atoms with Crippen LogP contribution in [0.4, 0.5) is 13.2 Å². The van der Waals surface area contributed by atoms with Gasteiger partial charge in [-0.15, -0.1) is 24.0 Å². The third kappa shape index (κ3) is 9.01. The third-order valence-corrected chi connectivity index (χ3v) is 5.14. The second kappa shape index (κ2) is 13.3. The average molecular weight is 557 g/mol. The van der Waals surface area contributed by atoms with Gasteiger partial charge in [0.05, 0.1) is 6.54 Å². The molecule has 1 aliphatic rings. The molecule has 0 radical (unpaired) electrons. The number of nitrogens with zero attached hydrogens (tertiary/aromatic N) is 4. The van der Waals surface area contributed by atoms with Gasteiger partial charge in [-0.1, -0.05) is 18.2 Å². The van der Waals surface area contributed by atoms with E-state index in [0.29, 0.717) is 45.9 Å². The maximum atomic E-state index is 13.0. The highest BCUT2D eigenvalue weighted by Crippen LogP contribution is 2.25. The zero-order valence-electron chi connectivity index (χ0n) is 18.8. The van der Waals surface area contributed by atoms with Gasteiger partial charge in [0.1, 0.15) is 18.4 Å². The maximum Gasteiger partial charge on any atom is 0.403 e. The van der Waals surface area contributed by atoms with Crippen LogP contribution >= 0.6 is 24.0 Å². The smallest absolute Gasteiger partial charge is 0.403 e. The first kappa shape index (κ1) is 27.8. The van der Waals surface area contributed by atoms with Gasteiger partial charge in [0.25, 0.3) is 0 Å². The molecule has 0 amide bonds. The van der Waals surface area contributed by atoms with Crippen LogP contribution in [0.25, 0.3) is 0 Å². The van der Waals surface area contributed by atoms with Crippen LogP contribution < -0.4 is 10.1 Å². The molecule has 0 aromatic heterocycles. The highest BCUT2D eigenvalue weighted by molar-refractivity contribution is 14.0. The number of aliphatic imine (C=N–C) groups is 1. The number of hydrogen-bond donors (Lipinski definition) is 1. The van der Waals surface area contributed by atoms with Crippen molar-refractivity contribution in [2.45, 2.75) is 32.6 Å². The van der Waals surface area contributed by atoms with Crippen molar-refractivity contribution in [3.63, 3.8) is 0 Å². The Morgan fingerprint density at radius 2 is 1.84 bits per heavy atom. The van der Waals surface area contributed by atoms with E-state index in [0.717, 1.165) is 23.8 Å². The molecule has 1 atom stereocenters. The Morgan fingerprint density at radius 1 is 1.19 bits per heavy atom. The molecule has 2 rings (SSSR count). The molecule has 0 spiro atoms. The number of hydrogen-bond acceptors (Lipinski definition) is 4. The van der Waals surface area contributed by atoms with Crippen molar-refractivity contribution in [1.29, 1.82) is 0 Å². The van der Waals surface area contributed by atoms with Gasteiger partial charge in [-0.05, 0) is 34.0 Å². The van der Waals surface area contributed by atoms with E-state index >= 15 is 0 Å². The molecule has 10 heteroatoms. The van der Waals surface area contributed by atoms with E-state index < -0.39 is 12.2 Å². The number of benzene rings is 1. The summed E-state index contributed by atoms with van der Waals surface area (Å²) in [6.45, 7) is 7.48. The van der Waals surface area contributed by atoms with Crippen molar-refractivity contribution in [2.75, 3.05) is 60.0 Å². The van der Waals surface area contributed by atoms with Crippen molar-refractivity contribution in [3.05, 3.63) is 29.8 Å². The number of nitrogens with one attached hydrogen (secondary N) is 1. The van der Waals surface area contributed by atoms with Crippen LogP contribution in [-0.4, -0.2) is 92.8 Å². The molecule has 31 heavy (non-hydrogen) atoms. The maximum absolute atomic E-state index is 13.0. The van der Waals surface area contributed by atoms with E-state index in [-0.39, 0.29) is 24.0 Å². The molecular weight excluding hydrogens is 522 g/mol. The van der Waals surface area contributed by atoms with E-state index in [1.807, 2.05) is 50.2 Å². The van der Waals surface area contributed by atoms with Crippen LogP contribution in [0.1, 0.15) is 19.4 Å². The molecule has 178 valence electrons. The summed E-state index contributed by atoms with van der Waals surface area (Å²) in [5, 5.41) is 3.26. The van der Waals surface area contributed by atoms with Crippen LogP contribution in [0.2, 0.25) is 0 Å². The molecule has 0 bridgehead atoms. The quantitative estimate of drug-likeness (QED) is 0.302. The van der Waals surface area contributed by atoms with Crippen molar-refractivity contribution in [2.24, 2.45) is 4.99 Å². The number of alkyl halides is 3. The van der Waals surface area contributed by atoms with Gasteiger partial charge in [-0.2, -0.15) is 13.2 Å². The van der Waals surface area contributed by atoms with Crippen molar-refractivity contribution in [1.82, 2.24) is 20.0 Å². The summed E-state index contributed by atoms with van der Waals surface area (Å²) >= 11 is 0. The van der Waals surface area contributed by atoms with Gasteiger partial charge in [-0.3, -0.25) is 4.90 Å². The highest BCUT2D eigenvalue weighted by Gasteiger charge is 2.41. The SMILES string of the molecule is CCNC(=NCc1ccccc1OCCN(C)C)N1CCN(C(C)C(F)(F)F)CC1.I. The Balaban J connectivity index is 0.00000480. The fourth-order valence-electron chi connectivity index (χ4n) is 3.23. The second-order valence-electron chi connectivity index (χ2n) is 7.67. The van der Waals surface area contributed by atoms with E-state index in [9.17, 15) is 13.2 Å². The van der Waals surface area contributed by atoms with Crippen LogP contribution in [0.5, 0.6) is 5.75 Å². The molecular formula is C21H35F3IN5O. The summed E-state index contributed by atoms with van der Waals surface area (Å²) in [6.07, 6.45) is -4.20. The first-order valence-corrected chi connectivity index (χ1v) is 10.4. The first-order chi connectivity index (χ1) is 14.2. The topological polar surface area (TPSA) is 43.3 Å². The van der Waals surface area contributed by atoms with Crippen LogP contribution in [0, 0.1) is 0 Å². The van der Waals surface area contributed by atoms with Crippen LogP contribution in [-0.2, 0) is 6.54 Å². The number of halogens is 4. The third-order valence-electron chi connectivity index (χ3n) is 5.14. The average Bonchev–Trinajstić information content (AvgIpc) is 2.70. The Kier molecular flexibility index (Phi) is 11.9. The monoisotopic (exact) mass is 557 g/mol. The lowest BCUT2D eigenvalue weighted by atomic mass is 10.2. The molecule has 0 aliphatic carbocycles. The summed E-state index contributed by atoms with van der Waals surface area (Å²) in [4.78, 5) is 10.3. The van der Waals surface area contributed by atoms with Gasteiger partial charge in [0.15, 0.2) is 5.96 Å². The molecule has 1 aliphatic heterocycles. The lowest BCUT2D eigenvalue weighted by molar-refractivity contribution is -0.181. The fraction of sp³-hybridized carbons (Fsp3) is 0.667. The van der Waals surface area contributed by atoms with Crippen LogP contribution in [0.3, 0.4) is 0 Å². The lowest BCUT2D eigenvalue weighted by Gasteiger charge is -2.39. The Bertz CT molecular complexity index is 679. The normalized spacial score (nSPS) is 16.8. The number of ether oxygens (including phenoxy) is 1. The van der Waals surface area contributed by atoms with Gasteiger partial charge in [0, 0.05) is 44.8 Å². The van der Waals surface area contributed by atoms with Gasteiger partial charge in [-0.25, -0.2) is 4.99 Å². The highest BCUT2D eigenvalue weighted by atomic mass is 127. The summed E-state index contributed by atoms with van der Waals surface area (Å²) in [7, 11) is 3.99. The number of piperazine rings is 1. The molecule has 1 unspecified atom stereocenters. The fourth-order valence-corrected chi connectivity index (χ4v) is 3.23. The molecule has 1 aromatic carbocycles. The Labute approximate surface area is 200 Å². The summed E-state index contributed by atoms with van der Waals surface area (Å²) in [5.74, 6) is 1.53. The zero-order chi connectivity index (χ0) is 22.1. The largest absolute Gasteiger partial charge is 0.492 e. The standard InChI is InChI=1S/C21H34F3N5O.HI/c1-5-25-20(29-12-10-28(11-13-29)17(2)21(22,23)24)26-16-18-8-6-7-9-19(18)30-15-14-27(3)4;/h6-9,17H,5,10-16H2,1-4H3,(H,25,26);1H. The number of para-hydroxylation sites is 1. The van der Waals surface area contributed by atoms with Crippen molar-refractivity contribution < 1.29 is 17.9 Å². The number of likely N-dealkylation sites (N-methyl/N-ethyl adjacent to an activating group) is 1. The number of rotatable bonds is 8. The van der Waals surface area contributed by atoms with Gasteiger partial charge < -0.3 is 19.9 Å². The minimum Gasteiger partial charge on any atom is -0.492 e. The molecule has 6 nitrogen and oxygen atoms in total. The first-order valence-electron chi connectivity index (χ1n) is 10.4. The Morgan fingerprint density at radius 3 is 2.42 bits per heavy atom. The molecule has 1 saturated heterocycles. The second-order valence-corrected chi connectivity index (χ2v) is 7.67. The Hall–Kier alpha value is -1.27. The number of guanidine groups is 1. The predicted molar refractivity (Wildman–Crippen MR) is 129 cm³/mol. The minimum atomic E-state index is -4.20. The van der Waals surface area contributed by atoms with Crippen molar-refractivity contribution >= 4 is 29.9 Å². The van der Waals surface area contributed by atoms with Crippen molar-refractivity contribution in [3.8, 4) is 5.75 Å². The molecule has 1 aromatic rings. The van der Waals surface area contributed by atoms with Gasteiger partial charge in [0.2, 0.25) is 0 Å². The summed E-state index contributed by atoms with van der Waals surface area (Å²) in [5.41, 5.74) is 0.982. The minimum absolute atomic E-state index is 0. The van der Waals surface area contributed by atoms with E-state index in [4.69, 9.17) is 9.73 Å². The molecule has 0 saturated carbocycles. The van der Waals surface area contributed by atoms with E-state index in [2.05, 4.69) is 10.2 Å². The lowest BCUT2D eigenvalue weighted by Crippen LogP contribution is -2.56. The molecule has 1 fully saturated rings. The van der Waals surface area contributed by atoms with Gasteiger partial charge >= 0.3 is 6.18 Å². The van der Waals surface area contributed by atoms with E-state index in [1.54, 1.807) is 0 Å².